The van der Waals surface area contributed by atoms with Gasteiger partial charge in [0.25, 0.3) is 0 Å². The molecule has 0 saturated heterocycles. The minimum atomic E-state index is -0.628. The lowest BCUT2D eigenvalue weighted by molar-refractivity contribution is 0.0591. The quantitative estimate of drug-likeness (QED) is 0.410. The number of aliphatic hydroxyl groups excluding tert-OH is 1. The molecule has 9 nitrogen and oxygen atoms in total. The first kappa shape index (κ1) is 20.1. The van der Waals surface area contributed by atoms with Crippen molar-refractivity contribution < 1.29 is 33.7 Å². The Morgan fingerprint density at radius 1 is 1.11 bits per heavy atom. The molecular weight excluding hydrogens is 356 g/mol. The van der Waals surface area contributed by atoms with Crippen molar-refractivity contribution >= 4 is 12.2 Å². The van der Waals surface area contributed by atoms with Crippen molar-refractivity contribution in [2.45, 2.75) is 6.61 Å². The number of aromatic amines is 1. The minimum absolute atomic E-state index is 0.101. The Kier molecular flexibility index (Phi) is 6.67. The summed E-state index contributed by atoms with van der Waals surface area (Å²) >= 11 is 0. The van der Waals surface area contributed by atoms with E-state index in [0.717, 1.165) is 0 Å². The van der Waals surface area contributed by atoms with Crippen molar-refractivity contribution in [1.29, 1.82) is 0 Å². The fourth-order valence-electron chi connectivity index (χ4n) is 2.80. The van der Waals surface area contributed by atoms with E-state index in [4.69, 9.17) is 23.8 Å². The predicted octanol–water partition coefficient (Wildman–Crippen LogP) is 1.97. The highest BCUT2D eigenvalue weighted by Gasteiger charge is 2.27. The minimum Gasteiger partial charge on any atom is -0.493 e. The van der Waals surface area contributed by atoms with E-state index >= 15 is 0 Å². The fraction of sp³-hybridized carbons (Fsp3) is 0.333. The van der Waals surface area contributed by atoms with E-state index < -0.39 is 12.6 Å². The van der Waals surface area contributed by atoms with Gasteiger partial charge >= 0.3 is 5.97 Å². The summed E-state index contributed by atoms with van der Waals surface area (Å²) in [6.45, 7) is -0.422. The van der Waals surface area contributed by atoms with Crippen molar-refractivity contribution in [1.82, 2.24) is 4.98 Å². The molecule has 0 saturated carbocycles. The highest BCUT2D eigenvalue weighted by molar-refractivity contribution is 5.99. The molecular formula is C18H22N2O7. The van der Waals surface area contributed by atoms with Gasteiger partial charge in [-0.3, -0.25) is 0 Å². The lowest BCUT2D eigenvalue weighted by Crippen LogP contribution is -2.05. The van der Waals surface area contributed by atoms with Crippen LogP contribution in [-0.2, 0) is 16.2 Å². The Morgan fingerprint density at radius 3 is 2.33 bits per heavy atom. The van der Waals surface area contributed by atoms with Crippen LogP contribution in [-0.4, -0.2) is 57.8 Å². The standard InChI is InChI=1S/C18H22N2O7/c1-23-13-7-6-10(16(24-2)17(13)25-3)14-11(9-21)15(18(22)26-4)20-12(14)8-19-27-5/h6-8,20-21H,9H2,1-5H3. The molecule has 27 heavy (non-hydrogen) atoms. The Morgan fingerprint density at radius 2 is 1.81 bits per heavy atom. The molecule has 0 aliphatic rings. The lowest BCUT2D eigenvalue weighted by Gasteiger charge is -2.16. The van der Waals surface area contributed by atoms with Crippen LogP contribution in [0.15, 0.2) is 17.3 Å². The normalized spacial score (nSPS) is 10.7. The molecule has 2 rings (SSSR count). The number of hydrogen-bond donors (Lipinski definition) is 2. The number of rotatable bonds is 8. The maximum Gasteiger partial charge on any atom is 0.354 e. The van der Waals surface area contributed by atoms with Crippen LogP contribution in [0.2, 0.25) is 0 Å². The van der Waals surface area contributed by atoms with Crippen molar-refractivity contribution in [3.05, 3.63) is 29.1 Å². The number of aliphatic hydroxyl groups is 1. The number of ether oxygens (including phenoxy) is 4. The number of aromatic nitrogens is 1. The smallest absolute Gasteiger partial charge is 0.354 e. The first-order valence-electron chi connectivity index (χ1n) is 7.87. The number of nitrogens with zero attached hydrogens (tertiary/aromatic N) is 1. The number of carbonyl (C=O) groups excluding carboxylic acids is 1. The Labute approximate surface area is 156 Å². The molecule has 146 valence electrons. The van der Waals surface area contributed by atoms with Gasteiger partial charge in [0.1, 0.15) is 12.8 Å². The van der Waals surface area contributed by atoms with Gasteiger partial charge in [0.15, 0.2) is 11.5 Å². The van der Waals surface area contributed by atoms with Crippen LogP contribution < -0.4 is 14.2 Å². The number of benzene rings is 1. The molecule has 0 atom stereocenters. The molecule has 1 aromatic carbocycles. The van der Waals surface area contributed by atoms with E-state index in [1.165, 1.54) is 41.8 Å². The Bertz CT molecular complexity index is 843. The van der Waals surface area contributed by atoms with Crippen LogP contribution >= 0.6 is 0 Å². The van der Waals surface area contributed by atoms with Crippen LogP contribution in [0.1, 0.15) is 21.7 Å². The van der Waals surface area contributed by atoms with Gasteiger partial charge in [-0.1, -0.05) is 5.16 Å². The number of hydrogen-bond acceptors (Lipinski definition) is 8. The summed E-state index contributed by atoms with van der Waals surface area (Å²) in [4.78, 5) is 19.8. The first-order valence-corrected chi connectivity index (χ1v) is 7.87. The molecule has 0 fully saturated rings. The molecule has 0 amide bonds. The van der Waals surface area contributed by atoms with Crippen molar-refractivity contribution in [3.63, 3.8) is 0 Å². The zero-order chi connectivity index (χ0) is 20.0. The number of esters is 1. The van der Waals surface area contributed by atoms with Gasteiger partial charge < -0.3 is 33.9 Å². The van der Waals surface area contributed by atoms with Crippen LogP contribution in [0.4, 0.5) is 0 Å². The third-order valence-electron chi connectivity index (χ3n) is 3.94. The summed E-state index contributed by atoms with van der Waals surface area (Å²) in [6.07, 6.45) is 1.39. The van der Waals surface area contributed by atoms with Gasteiger partial charge in [-0.15, -0.1) is 0 Å². The van der Waals surface area contributed by atoms with Gasteiger partial charge in [-0.25, -0.2) is 4.79 Å². The van der Waals surface area contributed by atoms with Crippen LogP contribution in [0.25, 0.3) is 11.1 Å². The van der Waals surface area contributed by atoms with E-state index in [-0.39, 0.29) is 5.69 Å². The van der Waals surface area contributed by atoms with E-state index in [9.17, 15) is 9.90 Å². The third kappa shape index (κ3) is 3.68. The van der Waals surface area contributed by atoms with E-state index in [2.05, 4.69) is 10.1 Å². The van der Waals surface area contributed by atoms with E-state index in [1.54, 1.807) is 12.1 Å². The summed E-state index contributed by atoms with van der Waals surface area (Å²) in [5.41, 5.74) is 1.90. The van der Waals surface area contributed by atoms with Gasteiger partial charge in [-0.05, 0) is 12.1 Å². The predicted molar refractivity (Wildman–Crippen MR) is 97.8 cm³/mol. The fourth-order valence-corrected chi connectivity index (χ4v) is 2.80. The summed E-state index contributed by atoms with van der Waals surface area (Å²) in [6, 6.07) is 3.42. The highest BCUT2D eigenvalue weighted by Crippen LogP contribution is 2.46. The molecule has 2 N–H and O–H groups in total. The molecule has 0 unspecified atom stereocenters. The molecule has 1 heterocycles. The monoisotopic (exact) mass is 378 g/mol. The third-order valence-corrected chi connectivity index (χ3v) is 3.94. The molecule has 1 aromatic heterocycles. The number of oxime groups is 1. The second-order valence-corrected chi connectivity index (χ2v) is 5.22. The summed E-state index contributed by atoms with van der Waals surface area (Å²) < 4.78 is 21.0. The van der Waals surface area contributed by atoms with Crippen molar-refractivity contribution in [2.75, 3.05) is 35.5 Å². The summed E-state index contributed by atoms with van der Waals surface area (Å²) in [5.74, 6) is 0.585. The van der Waals surface area contributed by atoms with Gasteiger partial charge in [0.05, 0.1) is 47.0 Å². The Hall–Kier alpha value is -3.20. The number of methoxy groups -OCH3 is 4. The Balaban J connectivity index is 2.86. The maximum absolute atomic E-state index is 12.1. The highest BCUT2D eigenvalue weighted by atomic mass is 16.6. The number of H-pyrrole nitrogens is 1. The maximum atomic E-state index is 12.1. The first-order chi connectivity index (χ1) is 13.1. The van der Waals surface area contributed by atoms with Crippen molar-refractivity contribution in [3.8, 4) is 28.4 Å². The second-order valence-electron chi connectivity index (χ2n) is 5.22. The molecule has 9 heteroatoms. The topological polar surface area (TPSA) is 112 Å². The second kappa shape index (κ2) is 8.95. The largest absolute Gasteiger partial charge is 0.493 e. The molecule has 0 aliphatic carbocycles. The van der Waals surface area contributed by atoms with Crippen LogP contribution in [0.3, 0.4) is 0 Å². The number of carbonyl (C=O) groups is 1. The van der Waals surface area contributed by atoms with E-state index in [0.29, 0.717) is 39.6 Å². The SMILES string of the molecule is CON=Cc1[nH]c(C(=O)OC)c(CO)c1-c1ccc(OC)c(OC)c1OC. The van der Waals surface area contributed by atoms with Gasteiger partial charge in [0, 0.05) is 16.7 Å². The van der Waals surface area contributed by atoms with Gasteiger partial charge in [0.2, 0.25) is 5.75 Å². The molecule has 0 bridgehead atoms. The average Bonchev–Trinajstić information content (AvgIpc) is 3.08. The zero-order valence-corrected chi connectivity index (χ0v) is 15.8. The number of nitrogens with one attached hydrogen (secondary N) is 1. The van der Waals surface area contributed by atoms with Gasteiger partial charge in [-0.2, -0.15) is 0 Å². The summed E-state index contributed by atoms with van der Waals surface area (Å²) in [5, 5.41) is 13.7. The molecule has 0 aliphatic heterocycles. The lowest BCUT2D eigenvalue weighted by atomic mass is 9.98. The van der Waals surface area contributed by atoms with Crippen molar-refractivity contribution in [2.24, 2.45) is 5.16 Å². The average molecular weight is 378 g/mol. The summed E-state index contributed by atoms with van der Waals surface area (Å²) in [7, 11) is 7.13. The molecule has 0 radical (unpaired) electrons. The van der Waals surface area contributed by atoms with E-state index in [1.807, 2.05) is 0 Å². The molecule has 2 aromatic rings. The van der Waals surface area contributed by atoms with Crippen LogP contribution in [0, 0.1) is 0 Å². The molecule has 0 spiro atoms. The zero-order valence-electron chi connectivity index (χ0n) is 15.8. The van der Waals surface area contributed by atoms with Crippen LogP contribution in [0.5, 0.6) is 17.2 Å².